The smallest absolute Gasteiger partial charge is 0.307 e. The van der Waals surface area contributed by atoms with Crippen LogP contribution in [0.2, 0.25) is 0 Å². The van der Waals surface area contributed by atoms with Gasteiger partial charge in [-0.2, -0.15) is 0 Å². The average Bonchev–Trinajstić information content (AvgIpc) is 3.27. The number of fused-ring (bicyclic) bond motifs is 3. The van der Waals surface area contributed by atoms with Crippen molar-refractivity contribution < 1.29 is 19.4 Å². The quantitative estimate of drug-likeness (QED) is 0.802. The standard InChI is InChI=1S/C18H18N2O4S/c1-2-24-11-5-6-12-13(8-11)25-18(19-12)20-16(21)14-9-3-4-10(7-9)15(14)17(22)23/h3-6,8-10,14-15H,2,7H2,1H3,(H,22,23)(H,19,20,21). The first-order chi connectivity index (χ1) is 12.1. The molecule has 0 aliphatic heterocycles. The van der Waals surface area contributed by atoms with Crippen molar-refractivity contribution in [2.45, 2.75) is 13.3 Å². The topological polar surface area (TPSA) is 88.5 Å². The first kappa shape index (κ1) is 16.1. The predicted molar refractivity (Wildman–Crippen MR) is 94.8 cm³/mol. The molecule has 1 amide bonds. The maximum absolute atomic E-state index is 12.7. The zero-order valence-electron chi connectivity index (χ0n) is 13.6. The van der Waals surface area contributed by atoms with Crippen LogP contribution in [0.3, 0.4) is 0 Å². The van der Waals surface area contributed by atoms with Crippen LogP contribution in [-0.2, 0) is 9.59 Å². The molecule has 0 spiro atoms. The van der Waals surface area contributed by atoms with Crippen molar-refractivity contribution in [2.75, 3.05) is 11.9 Å². The number of carbonyl (C=O) groups excluding carboxylic acids is 1. The van der Waals surface area contributed by atoms with Crippen LogP contribution >= 0.6 is 11.3 Å². The number of allylic oxidation sites excluding steroid dienone is 2. The Morgan fingerprint density at radius 1 is 1.32 bits per heavy atom. The zero-order valence-corrected chi connectivity index (χ0v) is 14.5. The average molecular weight is 358 g/mol. The number of hydrogen-bond donors (Lipinski definition) is 2. The summed E-state index contributed by atoms with van der Waals surface area (Å²) in [6, 6.07) is 5.59. The number of nitrogens with one attached hydrogen (secondary N) is 1. The summed E-state index contributed by atoms with van der Waals surface area (Å²) in [5.74, 6) is -1.60. The van der Waals surface area contributed by atoms with Crippen LogP contribution in [0.15, 0.2) is 30.4 Å². The largest absolute Gasteiger partial charge is 0.494 e. The minimum Gasteiger partial charge on any atom is -0.494 e. The van der Waals surface area contributed by atoms with Crippen LogP contribution in [0.1, 0.15) is 13.3 Å². The van der Waals surface area contributed by atoms with Crippen molar-refractivity contribution in [3.05, 3.63) is 30.4 Å². The summed E-state index contributed by atoms with van der Waals surface area (Å²) in [6.07, 6.45) is 4.65. The van der Waals surface area contributed by atoms with Crippen LogP contribution < -0.4 is 10.1 Å². The summed E-state index contributed by atoms with van der Waals surface area (Å²) in [4.78, 5) is 28.7. The highest BCUT2D eigenvalue weighted by Crippen LogP contribution is 2.48. The van der Waals surface area contributed by atoms with Crippen LogP contribution in [0.4, 0.5) is 5.13 Å². The van der Waals surface area contributed by atoms with Crippen molar-refractivity contribution in [3.8, 4) is 5.75 Å². The molecular formula is C18H18N2O4S. The van der Waals surface area contributed by atoms with E-state index < -0.39 is 17.8 Å². The number of hydrogen-bond acceptors (Lipinski definition) is 5. The Bertz CT molecular complexity index is 875. The summed E-state index contributed by atoms with van der Waals surface area (Å²) in [5.41, 5.74) is 0.784. The molecule has 2 N–H and O–H groups in total. The van der Waals surface area contributed by atoms with Crippen molar-refractivity contribution in [1.82, 2.24) is 4.98 Å². The van der Waals surface area contributed by atoms with Crippen LogP contribution in [0.5, 0.6) is 5.75 Å². The molecule has 2 aromatic rings. The molecule has 1 aromatic carbocycles. The van der Waals surface area contributed by atoms with Crippen molar-refractivity contribution in [3.63, 3.8) is 0 Å². The van der Waals surface area contributed by atoms with Gasteiger partial charge < -0.3 is 15.2 Å². The van der Waals surface area contributed by atoms with E-state index >= 15 is 0 Å². The minimum absolute atomic E-state index is 0.00466. The lowest BCUT2D eigenvalue weighted by molar-refractivity contribution is -0.146. The molecule has 4 atom stereocenters. The van der Waals surface area contributed by atoms with E-state index in [2.05, 4.69) is 10.3 Å². The van der Waals surface area contributed by atoms with Gasteiger partial charge in [-0.15, -0.1) is 0 Å². The molecule has 1 saturated carbocycles. The SMILES string of the molecule is CCOc1ccc2nc(NC(=O)C3C4C=CC(C4)C3C(=O)O)sc2c1. The fourth-order valence-electron chi connectivity index (χ4n) is 3.92. The number of rotatable bonds is 5. The van der Waals surface area contributed by atoms with Gasteiger partial charge in [-0.3, -0.25) is 9.59 Å². The van der Waals surface area contributed by atoms with Crippen molar-refractivity contribution in [1.29, 1.82) is 0 Å². The molecule has 0 saturated heterocycles. The van der Waals surface area contributed by atoms with Gasteiger partial charge in [0.25, 0.3) is 0 Å². The van der Waals surface area contributed by atoms with Crippen molar-refractivity contribution in [2.24, 2.45) is 23.7 Å². The molecule has 25 heavy (non-hydrogen) atoms. The third-order valence-corrected chi connectivity index (χ3v) is 5.88. The fourth-order valence-corrected chi connectivity index (χ4v) is 4.82. The van der Waals surface area contributed by atoms with Gasteiger partial charge in [0, 0.05) is 0 Å². The number of benzene rings is 1. The number of aromatic nitrogens is 1. The van der Waals surface area contributed by atoms with Gasteiger partial charge in [-0.1, -0.05) is 23.5 Å². The predicted octanol–water partition coefficient (Wildman–Crippen LogP) is 3.16. The zero-order chi connectivity index (χ0) is 17.6. The van der Waals surface area contributed by atoms with Crippen molar-refractivity contribution >= 4 is 38.6 Å². The Morgan fingerprint density at radius 3 is 2.80 bits per heavy atom. The third kappa shape index (κ3) is 2.78. The Hall–Kier alpha value is -2.41. The maximum atomic E-state index is 12.7. The van der Waals surface area contributed by atoms with E-state index in [1.165, 1.54) is 11.3 Å². The number of carbonyl (C=O) groups is 2. The van der Waals surface area contributed by atoms with E-state index in [9.17, 15) is 14.7 Å². The Morgan fingerprint density at radius 2 is 2.08 bits per heavy atom. The molecule has 4 rings (SSSR count). The maximum Gasteiger partial charge on any atom is 0.307 e. The molecule has 7 heteroatoms. The van der Waals surface area contributed by atoms with Gasteiger partial charge in [0.1, 0.15) is 5.75 Å². The summed E-state index contributed by atoms with van der Waals surface area (Å²) in [5, 5.41) is 12.8. The van der Waals surface area contributed by atoms with Crippen LogP contribution in [-0.4, -0.2) is 28.6 Å². The number of carboxylic acid groups (broad SMARTS) is 1. The fraction of sp³-hybridized carbons (Fsp3) is 0.389. The van der Waals surface area contributed by atoms with E-state index in [-0.39, 0.29) is 17.7 Å². The molecule has 2 aliphatic rings. The number of amides is 1. The monoisotopic (exact) mass is 358 g/mol. The van der Waals surface area contributed by atoms with E-state index in [4.69, 9.17) is 4.74 Å². The Kier molecular flexibility index (Phi) is 3.95. The molecule has 6 nitrogen and oxygen atoms in total. The van der Waals surface area contributed by atoms with Gasteiger partial charge >= 0.3 is 5.97 Å². The van der Waals surface area contributed by atoms with Crippen LogP contribution in [0.25, 0.3) is 10.2 Å². The second-order valence-corrected chi connectivity index (χ2v) is 7.44. The number of aliphatic carboxylic acids is 1. The number of anilines is 1. The lowest BCUT2D eigenvalue weighted by Crippen LogP contribution is -2.36. The molecule has 2 bridgehead atoms. The highest BCUT2D eigenvalue weighted by atomic mass is 32.1. The summed E-state index contributed by atoms with van der Waals surface area (Å²) in [7, 11) is 0. The van der Waals surface area contributed by atoms with Gasteiger partial charge in [-0.05, 0) is 43.4 Å². The summed E-state index contributed by atoms with van der Waals surface area (Å²) in [6.45, 7) is 2.51. The first-order valence-electron chi connectivity index (χ1n) is 8.32. The lowest BCUT2D eigenvalue weighted by atomic mass is 9.82. The molecular weight excluding hydrogens is 340 g/mol. The van der Waals surface area contributed by atoms with Gasteiger partial charge in [-0.25, -0.2) is 4.98 Å². The second-order valence-electron chi connectivity index (χ2n) is 6.41. The Labute approximate surface area is 148 Å². The highest BCUT2D eigenvalue weighted by molar-refractivity contribution is 7.22. The van der Waals surface area contributed by atoms with Crippen LogP contribution in [0, 0.1) is 23.7 Å². The van der Waals surface area contributed by atoms with E-state index in [0.717, 1.165) is 22.4 Å². The lowest BCUT2D eigenvalue weighted by Gasteiger charge is -2.23. The molecule has 1 aromatic heterocycles. The number of nitrogens with zero attached hydrogens (tertiary/aromatic N) is 1. The number of thiazole rings is 1. The molecule has 0 radical (unpaired) electrons. The molecule has 1 heterocycles. The van der Waals surface area contributed by atoms with E-state index in [1.807, 2.05) is 37.3 Å². The number of ether oxygens (including phenoxy) is 1. The summed E-state index contributed by atoms with van der Waals surface area (Å²) >= 11 is 1.37. The summed E-state index contributed by atoms with van der Waals surface area (Å²) < 4.78 is 6.40. The van der Waals surface area contributed by atoms with Gasteiger partial charge in [0.2, 0.25) is 5.91 Å². The molecule has 1 fully saturated rings. The Balaban J connectivity index is 1.55. The molecule has 2 aliphatic carbocycles. The second kappa shape index (κ2) is 6.15. The molecule has 4 unspecified atom stereocenters. The minimum atomic E-state index is -0.900. The normalized spacial score (nSPS) is 26.9. The van der Waals surface area contributed by atoms with Gasteiger partial charge in [0.15, 0.2) is 5.13 Å². The first-order valence-corrected chi connectivity index (χ1v) is 9.14. The van der Waals surface area contributed by atoms with E-state index in [0.29, 0.717) is 11.7 Å². The highest BCUT2D eigenvalue weighted by Gasteiger charge is 2.51. The third-order valence-electron chi connectivity index (χ3n) is 4.95. The number of carboxylic acids is 1. The molecule has 130 valence electrons. The van der Waals surface area contributed by atoms with E-state index in [1.54, 1.807) is 0 Å². The van der Waals surface area contributed by atoms with Gasteiger partial charge in [0.05, 0.1) is 28.7 Å².